The molecule has 2 amide bonds. The van der Waals surface area contributed by atoms with Gasteiger partial charge in [0.1, 0.15) is 6.04 Å². The number of hydrogen-bond donors (Lipinski definition) is 2. The highest BCUT2D eigenvalue weighted by molar-refractivity contribution is 5.88. The molecule has 1 rings (SSSR count). The highest BCUT2D eigenvalue weighted by Crippen LogP contribution is 2.06. The van der Waals surface area contributed by atoms with Crippen LogP contribution < -0.4 is 11.1 Å². The Balaban J connectivity index is 2.65. The summed E-state index contributed by atoms with van der Waals surface area (Å²) in [5.74, 6) is -1.90. The predicted molar refractivity (Wildman–Crippen MR) is 72.6 cm³/mol. The molecule has 0 aliphatic carbocycles. The average molecular weight is 289 g/mol. The molecule has 1 aromatic rings. The maximum absolute atomic E-state index is 11.5. The fourth-order valence-electron chi connectivity index (χ4n) is 1.58. The zero-order valence-corrected chi connectivity index (χ0v) is 11.5. The molecule has 0 aromatic heterocycles. The zero-order chi connectivity index (χ0) is 15.8. The van der Waals surface area contributed by atoms with Crippen molar-refractivity contribution in [3.05, 3.63) is 35.4 Å². The fraction of sp³-hybridized carbons (Fsp3) is 0.286. The van der Waals surface area contributed by atoms with Gasteiger partial charge in [0.05, 0.1) is 11.6 Å². The largest absolute Gasteiger partial charge is 0.456 e. The second-order valence-corrected chi connectivity index (χ2v) is 4.32. The van der Waals surface area contributed by atoms with E-state index in [1.165, 1.54) is 6.92 Å². The topological polar surface area (TPSA) is 122 Å². The van der Waals surface area contributed by atoms with Crippen LogP contribution in [0.1, 0.15) is 18.1 Å². The smallest absolute Gasteiger partial charge is 0.303 e. The van der Waals surface area contributed by atoms with Crippen molar-refractivity contribution in [2.75, 3.05) is 6.61 Å². The van der Waals surface area contributed by atoms with E-state index in [2.05, 4.69) is 10.1 Å². The van der Waals surface area contributed by atoms with Crippen molar-refractivity contribution in [2.45, 2.75) is 19.4 Å². The third-order valence-corrected chi connectivity index (χ3v) is 2.61. The number of ether oxygens (including phenoxy) is 1. The Morgan fingerprint density at radius 1 is 1.33 bits per heavy atom. The minimum Gasteiger partial charge on any atom is -0.456 e. The highest BCUT2D eigenvalue weighted by Gasteiger charge is 2.19. The molecule has 0 bridgehead atoms. The Morgan fingerprint density at radius 3 is 2.43 bits per heavy atom. The van der Waals surface area contributed by atoms with E-state index in [0.717, 1.165) is 5.56 Å². The molecule has 110 valence electrons. The first kappa shape index (κ1) is 16.2. The van der Waals surface area contributed by atoms with Crippen LogP contribution in [-0.2, 0) is 25.5 Å². The Hall–Kier alpha value is -2.88. The molecular formula is C14H15N3O4. The zero-order valence-electron chi connectivity index (χ0n) is 11.5. The van der Waals surface area contributed by atoms with Gasteiger partial charge in [-0.05, 0) is 17.7 Å². The number of benzene rings is 1. The Kier molecular flexibility index (Phi) is 5.89. The van der Waals surface area contributed by atoms with Gasteiger partial charge in [-0.15, -0.1) is 0 Å². The lowest BCUT2D eigenvalue weighted by atomic mass is 10.0. The first-order chi connectivity index (χ1) is 9.92. The molecular weight excluding hydrogens is 274 g/mol. The van der Waals surface area contributed by atoms with E-state index >= 15 is 0 Å². The minimum atomic E-state index is -0.916. The molecule has 0 aliphatic rings. The quantitative estimate of drug-likeness (QED) is 0.692. The number of nitriles is 1. The van der Waals surface area contributed by atoms with Crippen LogP contribution in [0.3, 0.4) is 0 Å². The van der Waals surface area contributed by atoms with Crippen LogP contribution in [0, 0.1) is 11.3 Å². The summed E-state index contributed by atoms with van der Waals surface area (Å²) in [4.78, 5) is 33.5. The summed E-state index contributed by atoms with van der Waals surface area (Å²) in [5.41, 5.74) is 6.47. The first-order valence-corrected chi connectivity index (χ1v) is 6.13. The van der Waals surface area contributed by atoms with Crippen LogP contribution in [-0.4, -0.2) is 30.4 Å². The van der Waals surface area contributed by atoms with Crippen molar-refractivity contribution in [3.8, 4) is 6.07 Å². The van der Waals surface area contributed by atoms with Crippen molar-refractivity contribution < 1.29 is 19.1 Å². The minimum absolute atomic E-state index is 0.187. The second kappa shape index (κ2) is 7.65. The Morgan fingerprint density at radius 2 is 1.95 bits per heavy atom. The molecule has 0 saturated heterocycles. The van der Waals surface area contributed by atoms with Gasteiger partial charge in [-0.25, -0.2) is 0 Å². The summed E-state index contributed by atoms with van der Waals surface area (Å²) < 4.78 is 4.53. The Labute approximate surface area is 121 Å². The number of nitrogens with zero attached hydrogens (tertiary/aromatic N) is 1. The van der Waals surface area contributed by atoms with Gasteiger partial charge >= 0.3 is 5.97 Å². The van der Waals surface area contributed by atoms with Gasteiger partial charge in [-0.1, -0.05) is 12.1 Å². The van der Waals surface area contributed by atoms with Gasteiger partial charge in [0.25, 0.3) is 5.91 Å². The second-order valence-electron chi connectivity index (χ2n) is 4.32. The van der Waals surface area contributed by atoms with Gasteiger partial charge in [0.2, 0.25) is 5.91 Å². The van der Waals surface area contributed by atoms with Crippen LogP contribution in [0.2, 0.25) is 0 Å². The molecule has 0 spiro atoms. The predicted octanol–water partition coefficient (Wildman–Crippen LogP) is -0.366. The van der Waals surface area contributed by atoms with Gasteiger partial charge in [-0.3, -0.25) is 14.4 Å². The molecule has 0 unspecified atom stereocenters. The van der Waals surface area contributed by atoms with Crippen LogP contribution >= 0.6 is 0 Å². The monoisotopic (exact) mass is 289 g/mol. The van der Waals surface area contributed by atoms with Gasteiger partial charge in [0.15, 0.2) is 6.61 Å². The van der Waals surface area contributed by atoms with Crippen molar-refractivity contribution in [1.82, 2.24) is 5.32 Å². The lowest BCUT2D eigenvalue weighted by Gasteiger charge is -2.15. The van der Waals surface area contributed by atoms with E-state index in [1.54, 1.807) is 24.3 Å². The molecule has 7 heteroatoms. The number of hydrogen-bond acceptors (Lipinski definition) is 5. The summed E-state index contributed by atoms with van der Waals surface area (Å²) in [6, 6.07) is 7.62. The number of rotatable bonds is 6. The molecule has 0 aliphatic heterocycles. The van der Waals surface area contributed by atoms with E-state index < -0.39 is 30.4 Å². The molecule has 0 saturated carbocycles. The van der Waals surface area contributed by atoms with E-state index in [4.69, 9.17) is 11.0 Å². The van der Waals surface area contributed by atoms with E-state index in [9.17, 15) is 14.4 Å². The standard InChI is InChI=1S/C14H15N3O4/c1-9(18)21-8-13(19)17-12(14(16)20)6-10-2-4-11(7-15)5-3-10/h2-5,12H,6,8H2,1H3,(H2,16,20)(H,17,19)/t12-/m0/s1. The third kappa shape index (κ3) is 5.74. The van der Waals surface area contributed by atoms with Gasteiger partial charge in [-0.2, -0.15) is 5.26 Å². The summed E-state index contributed by atoms with van der Waals surface area (Å²) in [5, 5.41) is 11.1. The lowest BCUT2D eigenvalue weighted by molar-refractivity contribution is -0.146. The van der Waals surface area contributed by atoms with Crippen LogP contribution in [0.4, 0.5) is 0 Å². The number of nitrogens with two attached hydrogens (primary N) is 1. The number of nitrogens with one attached hydrogen (secondary N) is 1. The summed E-state index contributed by atoms with van der Waals surface area (Å²) in [6.07, 6.45) is 0.187. The van der Waals surface area contributed by atoms with E-state index in [-0.39, 0.29) is 6.42 Å². The lowest BCUT2D eigenvalue weighted by Crippen LogP contribution is -2.47. The van der Waals surface area contributed by atoms with Crippen molar-refractivity contribution in [3.63, 3.8) is 0 Å². The van der Waals surface area contributed by atoms with Gasteiger partial charge < -0.3 is 15.8 Å². The molecule has 21 heavy (non-hydrogen) atoms. The summed E-state index contributed by atoms with van der Waals surface area (Å²) >= 11 is 0. The SMILES string of the molecule is CC(=O)OCC(=O)N[C@@H](Cc1ccc(C#N)cc1)C(N)=O. The molecule has 0 heterocycles. The van der Waals surface area contributed by atoms with Crippen LogP contribution in [0.15, 0.2) is 24.3 Å². The molecule has 1 aromatic carbocycles. The Bertz CT molecular complexity index is 575. The summed E-state index contributed by atoms with van der Waals surface area (Å²) in [7, 11) is 0. The molecule has 3 N–H and O–H groups in total. The van der Waals surface area contributed by atoms with E-state index in [1.807, 2.05) is 6.07 Å². The summed E-state index contributed by atoms with van der Waals surface area (Å²) in [6.45, 7) is 0.710. The van der Waals surface area contributed by atoms with Gasteiger partial charge in [0, 0.05) is 13.3 Å². The first-order valence-electron chi connectivity index (χ1n) is 6.13. The fourth-order valence-corrected chi connectivity index (χ4v) is 1.58. The molecule has 7 nitrogen and oxygen atoms in total. The number of primary amides is 1. The van der Waals surface area contributed by atoms with Crippen LogP contribution in [0.25, 0.3) is 0 Å². The number of esters is 1. The van der Waals surface area contributed by atoms with Crippen molar-refractivity contribution in [2.24, 2.45) is 5.73 Å². The highest BCUT2D eigenvalue weighted by atomic mass is 16.5. The van der Waals surface area contributed by atoms with Crippen molar-refractivity contribution >= 4 is 17.8 Å². The third-order valence-electron chi connectivity index (χ3n) is 2.61. The van der Waals surface area contributed by atoms with Crippen molar-refractivity contribution in [1.29, 1.82) is 5.26 Å². The number of amides is 2. The maximum Gasteiger partial charge on any atom is 0.303 e. The molecule has 0 radical (unpaired) electrons. The molecule has 0 fully saturated rings. The molecule has 1 atom stereocenters. The van der Waals surface area contributed by atoms with Crippen LogP contribution in [0.5, 0.6) is 0 Å². The number of carbonyl (C=O) groups excluding carboxylic acids is 3. The average Bonchev–Trinajstić information content (AvgIpc) is 2.45. The normalized spacial score (nSPS) is 11.0. The number of carbonyl (C=O) groups is 3. The maximum atomic E-state index is 11.5. The van der Waals surface area contributed by atoms with E-state index in [0.29, 0.717) is 5.56 Å².